The maximum atomic E-state index is 14.2. The Balaban J connectivity index is 1.76. The monoisotopic (exact) mass is 507 g/mol. The Morgan fingerprint density at radius 2 is 1.58 bits per heavy atom. The van der Waals surface area contributed by atoms with Gasteiger partial charge in [-0.2, -0.15) is 0 Å². The van der Waals surface area contributed by atoms with Crippen LogP contribution < -0.4 is 4.65 Å². The first-order chi connectivity index (χ1) is 17.0. The van der Waals surface area contributed by atoms with Crippen molar-refractivity contribution in [2.75, 3.05) is 33.4 Å². The number of aromatic nitrogens is 1. The minimum absolute atomic E-state index is 0.000665. The molecule has 1 saturated heterocycles. The van der Waals surface area contributed by atoms with Gasteiger partial charge >= 0.3 is 0 Å². The van der Waals surface area contributed by atoms with Gasteiger partial charge in [0, 0.05) is 30.4 Å². The Bertz CT molecular complexity index is 1300. The lowest BCUT2D eigenvalue weighted by atomic mass is 9.96. The highest BCUT2D eigenvalue weighted by molar-refractivity contribution is 6.01. The van der Waals surface area contributed by atoms with Crippen molar-refractivity contribution in [2.24, 2.45) is 0 Å². The molecule has 11 heteroatoms. The number of halogens is 5. The standard InChI is InChI=1S/C25H22F5N3O3/c1-14-5-3-4-6-15(14)16-11-19(33(35)7-9-36-10-8-33)31-12-17(16)25(34)32(2)13-18-20(26)22(28)24(30)23(29)21(18)27/h3-6,11-12H,7-10,13H2,1-2H3. The molecule has 1 amide bonds. The van der Waals surface area contributed by atoms with Crippen molar-refractivity contribution in [3.8, 4) is 11.1 Å². The Kier molecular flexibility index (Phi) is 7.07. The van der Waals surface area contributed by atoms with Crippen molar-refractivity contribution in [2.45, 2.75) is 13.5 Å². The van der Waals surface area contributed by atoms with Crippen LogP contribution in [-0.2, 0) is 11.3 Å². The lowest BCUT2D eigenvalue weighted by Crippen LogP contribution is -2.52. The fourth-order valence-corrected chi connectivity index (χ4v) is 4.11. The van der Waals surface area contributed by atoms with Crippen LogP contribution in [0, 0.1) is 41.2 Å². The van der Waals surface area contributed by atoms with Crippen LogP contribution in [0.25, 0.3) is 11.1 Å². The SMILES string of the molecule is Cc1ccccc1-c1cc([N+]2([O-])CCOCC2)ncc1C(=O)N(C)Cc1c(F)c(F)c(F)c(F)c1F. The van der Waals surface area contributed by atoms with Gasteiger partial charge in [-0.3, -0.25) is 4.79 Å². The molecule has 0 radical (unpaired) electrons. The first-order valence-electron chi connectivity index (χ1n) is 11.0. The largest absolute Gasteiger partial charge is 0.626 e. The molecule has 190 valence electrons. The quantitative estimate of drug-likeness (QED) is 0.163. The zero-order chi connectivity index (χ0) is 26.2. The summed E-state index contributed by atoms with van der Waals surface area (Å²) in [6.45, 7) is 1.67. The van der Waals surface area contributed by atoms with E-state index < -0.39 is 51.7 Å². The number of benzene rings is 2. The third-order valence-corrected chi connectivity index (χ3v) is 6.21. The average molecular weight is 507 g/mol. The summed E-state index contributed by atoms with van der Waals surface area (Å²) in [6.07, 6.45) is 1.20. The zero-order valence-electron chi connectivity index (χ0n) is 19.5. The molecule has 36 heavy (non-hydrogen) atoms. The molecule has 1 fully saturated rings. The van der Waals surface area contributed by atoms with Crippen LogP contribution in [0.5, 0.6) is 0 Å². The number of aryl methyl sites for hydroxylation is 1. The van der Waals surface area contributed by atoms with E-state index in [1.54, 1.807) is 31.2 Å². The second-order valence-electron chi connectivity index (χ2n) is 8.56. The van der Waals surface area contributed by atoms with Crippen molar-refractivity contribution in [1.82, 2.24) is 14.5 Å². The number of rotatable bonds is 5. The van der Waals surface area contributed by atoms with Crippen LogP contribution in [0.2, 0.25) is 0 Å². The van der Waals surface area contributed by atoms with E-state index in [0.29, 0.717) is 11.1 Å². The Hall–Kier alpha value is -3.41. The van der Waals surface area contributed by atoms with E-state index in [9.17, 15) is 32.0 Å². The number of pyridine rings is 1. The van der Waals surface area contributed by atoms with Crippen molar-refractivity contribution in [3.63, 3.8) is 0 Å². The molecule has 6 nitrogen and oxygen atoms in total. The van der Waals surface area contributed by atoms with Crippen molar-refractivity contribution in [3.05, 3.63) is 87.5 Å². The third-order valence-electron chi connectivity index (χ3n) is 6.21. The van der Waals surface area contributed by atoms with E-state index >= 15 is 0 Å². The number of morpholine rings is 1. The number of hydrogen-bond donors (Lipinski definition) is 0. The van der Waals surface area contributed by atoms with Crippen LogP contribution in [-0.4, -0.2) is 49.1 Å². The highest BCUT2D eigenvalue weighted by atomic mass is 19.2. The first kappa shape index (κ1) is 25.7. The van der Waals surface area contributed by atoms with Gasteiger partial charge in [0.25, 0.3) is 5.91 Å². The molecule has 0 aliphatic carbocycles. The van der Waals surface area contributed by atoms with Crippen LogP contribution in [0.4, 0.5) is 27.8 Å². The van der Waals surface area contributed by atoms with Gasteiger partial charge < -0.3 is 19.5 Å². The summed E-state index contributed by atoms with van der Waals surface area (Å²) >= 11 is 0. The van der Waals surface area contributed by atoms with Gasteiger partial charge in [-0.05, 0) is 18.1 Å². The van der Waals surface area contributed by atoms with Gasteiger partial charge in [0.15, 0.2) is 23.3 Å². The van der Waals surface area contributed by atoms with E-state index in [2.05, 4.69) is 4.98 Å². The summed E-state index contributed by atoms with van der Waals surface area (Å²) < 4.78 is 73.6. The molecule has 0 unspecified atom stereocenters. The van der Waals surface area contributed by atoms with Crippen LogP contribution in [0.3, 0.4) is 0 Å². The lowest BCUT2D eigenvalue weighted by Gasteiger charge is -2.43. The zero-order valence-corrected chi connectivity index (χ0v) is 19.5. The molecular weight excluding hydrogens is 485 g/mol. The Morgan fingerprint density at radius 1 is 1.00 bits per heavy atom. The van der Waals surface area contributed by atoms with Crippen molar-refractivity contribution < 1.29 is 31.5 Å². The summed E-state index contributed by atoms with van der Waals surface area (Å²) in [5.41, 5.74) is 0.618. The van der Waals surface area contributed by atoms with E-state index in [0.717, 1.165) is 10.5 Å². The third kappa shape index (κ3) is 4.57. The van der Waals surface area contributed by atoms with Gasteiger partial charge in [0.2, 0.25) is 11.6 Å². The molecule has 3 aromatic rings. The van der Waals surface area contributed by atoms with Gasteiger partial charge in [-0.25, -0.2) is 26.9 Å². The molecule has 1 aliphatic rings. The number of nitrogens with zero attached hydrogens (tertiary/aromatic N) is 3. The highest BCUT2D eigenvalue weighted by Crippen LogP contribution is 2.33. The molecule has 1 aromatic heterocycles. The molecular formula is C25H22F5N3O3. The van der Waals surface area contributed by atoms with E-state index in [1.807, 2.05) is 0 Å². The Morgan fingerprint density at radius 3 is 2.19 bits per heavy atom. The first-order valence-corrected chi connectivity index (χ1v) is 11.0. The number of hydrogen-bond acceptors (Lipinski definition) is 4. The Labute approximate surface area is 203 Å². The number of amides is 1. The number of ether oxygens (including phenoxy) is 1. The maximum Gasteiger partial charge on any atom is 0.256 e. The molecule has 0 spiro atoms. The molecule has 2 heterocycles. The predicted octanol–water partition coefficient (Wildman–Crippen LogP) is 4.86. The minimum Gasteiger partial charge on any atom is -0.626 e. The molecule has 0 bridgehead atoms. The molecule has 0 N–H and O–H groups in total. The molecule has 2 aromatic carbocycles. The van der Waals surface area contributed by atoms with Crippen molar-refractivity contribution in [1.29, 1.82) is 0 Å². The molecule has 4 rings (SSSR count). The van der Waals surface area contributed by atoms with Gasteiger partial charge in [0.05, 0.1) is 25.3 Å². The number of hydroxylamine groups is 2. The summed E-state index contributed by atoms with van der Waals surface area (Å²) in [6, 6.07) is 8.58. The summed E-state index contributed by atoms with van der Waals surface area (Å²) in [7, 11) is 1.17. The number of carbonyl (C=O) groups excluding carboxylic acids is 1. The second kappa shape index (κ2) is 9.92. The van der Waals surface area contributed by atoms with Crippen molar-refractivity contribution >= 4 is 11.7 Å². The predicted molar refractivity (Wildman–Crippen MR) is 122 cm³/mol. The van der Waals surface area contributed by atoms with E-state index in [-0.39, 0.29) is 37.7 Å². The summed E-state index contributed by atoms with van der Waals surface area (Å²) in [4.78, 5) is 18.4. The second-order valence-corrected chi connectivity index (χ2v) is 8.56. The van der Waals surface area contributed by atoms with Crippen LogP contribution in [0.1, 0.15) is 21.5 Å². The normalized spacial score (nSPS) is 15.1. The summed E-state index contributed by atoms with van der Waals surface area (Å²) in [5.74, 6) is -11.1. The minimum atomic E-state index is -2.28. The topological polar surface area (TPSA) is 65.5 Å². The number of quaternary nitrogens is 1. The van der Waals surface area contributed by atoms with E-state index in [4.69, 9.17) is 4.74 Å². The molecule has 0 saturated carbocycles. The molecule has 1 aliphatic heterocycles. The van der Waals surface area contributed by atoms with Crippen LogP contribution >= 0.6 is 0 Å². The van der Waals surface area contributed by atoms with E-state index in [1.165, 1.54) is 19.3 Å². The fraction of sp³-hybridized carbons (Fsp3) is 0.280. The van der Waals surface area contributed by atoms with Gasteiger partial charge in [-0.15, -0.1) is 0 Å². The summed E-state index contributed by atoms with van der Waals surface area (Å²) in [5, 5.41) is 13.3. The lowest BCUT2D eigenvalue weighted by molar-refractivity contribution is 0.0601. The molecule has 0 atom stereocenters. The van der Waals surface area contributed by atoms with Gasteiger partial charge in [-0.1, -0.05) is 24.3 Å². The highest BCUT2D eigenvalue weighted by Gasteiger charge is 2.30. The fourth-order valence-electron chi connectivity index (χ4n) is 4.11. The average Bonchev–Trinajstić information content (AvgIpc) is 2.88. The smallest absolute Gasteiger partial charge is 0.256 e. The van der Waals surface area contributed by atoms with Gasteiger partial charge in [0.1, 0.15) is 13.1 Å². The maximum absolute atomic E-state index is 14.2. The number of carbonyl (C=O) groups is 1. The van der Waals surface area contributed by atoms with Crippen LogP contribution in [0.15, 0.2) is 36.5 Å².